The Hall–Kier alpha value is -1.35. The number of Topliss-reactive ketones (excluding diaryl/α,β-unsaturated/α-hetero) is 1. The summed E-state index contributed by atoms with van der Waals surface area (Å²) >= 11 is 0. The molecule has 0 radical (unpaired) electrons. The maximum atomic E-state index is 12.2. The van der Waals surface area contributed by atoms with E-state index in [1.165, 1.54) is 19.3 Å². The van der Waals surface area contributed by atoms with E-state index < -0.39 is 0 Å². The monoisotopic (exact) mass is 261 g/mol. The quantitative estimate of drug-likeness (QED) is 0.856. The Kier molecular flexibility index (Phi) is 4.59. The first kappa shape index (κ1) is 14.1. The molecule has 0 aromatic heterocycles. The molecule has 1 aliphatic carbocycles. The van der Waals surface area contributed by atoms with Gasteiger partial charge in [-0.1, -0.05) is 31.4 Å². The van der Waals surface area contributed by atoms with Crippen LogP contribution in [0.5, 0.6) is 5.75 Å². The molecule has 0 amide bonds. The summed E-state index contributed by atoms with van der Waals surface area (Å²) in [7, 11) is 0. The van der Waals surface area contributed by atoms with Crippen molar-refractivity contribution in [2.45, 2.75) is 44.9 Å². The van der Waals surface area contributed by atoms with Crippen LogP contribution >= 0.6 is 0 Å². The van der Waals surface area contributed by atoms with Gasteiger partial charge in [-0.3, -0.25) is 4.79 Å². The first-order chi connectivity index (χ1) is 9.13. The number of hydrogen-bond donors (Lipinski definition) is 2. The highest BCUT2D eigenvalue weighted by atomic mass is 16.3. The van der Waals surface area contributed by atoms with Gasteiger partial charge < -0.3 is 10.8 Å². The molecule has 0 aliphatic heterocycles. The molecule has 3 nitrogen and oxygen atoms in total. The number of benzene rings is 1. The van der Waals surface area contributed by atoms with Gasteiger partial charge in [0, 0.05) is 12.8 Å². The second kappa shape index (κ2) is 6.20. The molecule has 0 atom stereocenters. The van der Waals surface area contributed by atoms with E-state index in [0.29, 0.717) is 19.4 Å². The lowest BCUT2D eigenvalue weighted by molar-refractivity contribution is -0.121. The second-order valence-corrected chi connectivity index (χ2v) is 5.83. The number of carbonyl (C=O) groups is 1. The van der Waals surface area contributed by atoms with Crippen molar-refractivity contribution in [1.82, 2.24) is 0 Å². The normalized spacial score (nSPS) is 18.2. The third-order valence-corrected chi connectivity index (χ3v) is 4.23. The molecule has 0 bridgehead atoms. The number of phenols is 1. The largest absolute Gasteiger partial charge is 0.508 e. The summed E-state index contributed by atoms with van der Waals surface area (Å²) in [4.78, 5) is 12.2. The molecule has 19 heavy (non-hydrogen) atoms. The van der Waals surface area contributed by atoms with Crippen molar-refractivity contribution in [3.05, 3.63) is 29.8 Å². The molecule has 1 saturated carbocycles. The topological polar surface area (TPSA) is 63.3 Å². The minimum atomic E-state index is 0.0339. The predicted octanol–water partition coefficient (Wildman–Crippen LogP) is 2.80. The van der Waals surface area contributed by atoms with Gasteiger partial charge in [0.05, 0.1) is 0 Å². The summed E-state index contributed by atoms with van der Waals surface area (Å²) in [5, 5.41) is 9.41. The minimum Gasteiger partial charge on any atom is -0.508 e. The van der Waals surface area contributed by atoms with Crippen LogP contribution in [0.15, 0.2) is 24.3 Å². The highest BCUT2D eigenvalue weighted by Gasteiger charge is 2.32. The van der Waals surface area contributed by atoms with Crippen molar-refractivity contribution in [3.8, 4) is 5.75 Å². The van der Waals surface area contributed by atoms with Crippen molar-refractivity contribution in [2.75, 3.05) is 6.54 Å². The average Bonchev–Trinajstić information content (AvgIpc) is 2.39. The standard InChI is InChI=1S/C16H23NO2/c17-12-16(7-2-1-3-8-16)11-15(19)10-13-5-4-6-14(18)9-13/h4-6,9,18H,1-3,7-8,10-12,17H2. The number of rotatable bonds is 5. The minimum absolute atomic E-state index is 0.0339. The summed E-state index contributed by atoms with van der Waals surface area (Å²) in [6.07, 6.45) is 6.79. The van der Waals surface area contributed by atoms with Crippen molar-refractivity contribution < 1.29 is 9.90 Å². The van der Waals surface area contributed by atoms with Crippen molar-refractivity contribution in [3.63, 3.8) is 0 Å². The molecule has 0 heterocycles. The third-order valence-electron chi connectivity index (χ3n) is 4.23. The lowest BCUT2D eigenvalue weighted by atomic mass is 9.70. The maximum absolute atomic E-state index is 12.2. The Morgan fingerprint density at radius 2 is 2.00 bits per heavy atom. The summed E-state index contributed by atoms with van der Waals surface area (Å²) in [5.74, 6) is 0.453. The number of ketones is 1. The van der Waals surface area contributed by atoms with E-state index in [9.17, 15) is 9.90 Å². The van der Waals surface area contributed by atoms with E-state index >= 15 is 0 Å². The summed E-state index contributed by atoms with van der Waals surface area (Å²) in [6.45, 7) is 0.610. The van der Waals surface area contributed by atoms with Gasteiger partial charge in [0.1, 0.15) is 11.5 Å². The zero-order valence-corrected chi connectivity index (χ0v) is 11.4. The Balaban J connectivity index is 1.96. The van der Waals surface area contributed by atoms with Crippen LogP contribution in [0, 0.1) is 5.41 Å². The lowest BCUT2D eigenvalue weighted by Gasteiger charge is -2.35. The van der Waals surface area contributed by atoms with Crippen LogP contribution in [0.25, 0.3) is 0 Å². The van der Waals surface area contributed by atoms with Gasteiger partial charge in [0.25, 0.3) is 0 Å². The highest BCUT2D eigenvalue weighted by molar-refractivity contribution is 5.81. The number of hydrogen-bond acceptors (Lipinski definition) is 3. The van der Waals surface area contributed by atoms with Crippen LogP contribution in [0.4, 0.5) is 0 Å². The maximum Gasteiger partial charge on any atom is 0.137 e. The summed E-state index contributed by atoms with van der Waals surface area (Å²) < 4.78 is 0. The molecule has 0 unspecified atom stereocenters. The van der Waals surface area contributed by atoms with E-state index in [1.807, 2.05) is 6.07 Å². The second-order valence-electron chi connectivity index (χ2n) is 5.83. The fourth-order valence-electron chi connectivity index (χ4n) is 3.13. The number of nitrogens with two attached hydrogens (primary N) is 1. The van der Waals surface area contributed by atoms with Crippen LogP contribution in [0.2, 0.25) is 0 Å². The molecule has 0 saturated heterocycles. The molecular weight excluding hydrogens is 238 g/mol. The lowest BCUT2D eigenvalue weighted by Crippen LogP contribution is -2.35. The van der Waals surface area contributed by atoms with Gasteiger partial charge in [0.15, 0.2) is 0 Å². The number of aromatic hydroxyl groups is 1. The van der Waals surface area contributed by atoms with Crippen LogP contribution in [-0.4, -0.2) is 17.4 Å². The Labute approximate surface area is 114 Å². The van der Waals surface area contributed by atoms with E-state index in [-0.39, 0.29) is 16.9 Å². The summed E-state index contributed by atoms with van der Waals surface area (Å²) in [6, 6.07) is 6.94. The average molecular weight is 261 g/mol. The molecule has 1 aromatic carbocycles. The van der Waals surface area contributed by atoms with Crippen molar-refractivity contribution >= 4 is 5.78 Å². The van der Waals surface area contributed by atoms with Gasteiger partial charge in [-0.05, 0) is 42.5 Å². The fraction of sp³-hybridized carbons (Fsp3) is 0.562. The molecule has 3 heteroatoms. The first-order valence-electron chi connectivity index (χ1n) is 7.13. The van der Waals surface area contributed by atoms with Gasteiger partial charge in [0.2, 0.25) is 0 Å². The smallest absolute Gasteiger partial charge is 0.137 e. The zero-order chi connectivity index (χ0) is 13.7. The molecule has 3 N–H and O–H groups in total. The van der Waals surface area contributed by atoms with Gasteiger partial charge in [-0.25, -0.2) is 0 Å². The fourth-order valence-corrected chi connectivity index (χ4v) is 3.13. The molecule has 2 rings (SSSR count). The van der Waals surface area contributed by atoms with Crippen LogP contribution < -0.4 is 5.73 Å². The van der Waals surface area contributed by atoms with Crippen LogP contribution in [0.3, 0.4) is 0 Å². The van der Waals surface area contributed by atoms with E-state index in [2.05, 4.69) is 0 Å². The van der Waals surface area contributed by atoms with E-state index in [1.54, 1.807) is 18.2 Å². The van der Waals surface area contributed by atoms with Crippen molar-refractivity contribution in [2.24, 2.45) is 11.1 Å². The SMILES string of the molecule is NCC1(CC(=O)Cc2cccc(O)c2)CCCCC1. The van der Waals surface area contributed by atoms with E-state index in [4.69, 9.17) is 5.73 Å². The Bertz CT molecular complexity index is 436. The third kappa shape index (κ3) is 3.80. The summed E-state index contributed by atoms with van der Waals surface area (Å²) in [5.41, 5.74) is 6.83. The zero-order valence-electron chi connectivity index (χ0n) is 11.4. The number of phenolic OH excluding ortho intramolecular Hbond substituents is 1. The van der Waals surface area contributed by atoms with Crippen molar-refractivity contribution in [1.29, 1.82) is 0 Å². The molecule has 0 spiro atoms. The molecule has 1 fully saturated rings. The highest BCUT2D eigenvalue weighted by Crippen LogP contribution is 2.38. The van der Waals surface area contributed by atoms with Crippen LogP contribution in [0.1, 0.15) is 44.1 Å². The molecule has 104 valence electrons. The first-order valence-corrected chi connectivity index (χ1v) is 7.13. The molecule has 1 aromatic rings. The predicted molar refractivity (Wildman–Crippen MR) is 76.0 cm³/mol. The Morgan fingerprint density at radius 3 is 2.63 bits per heavy atom. The molecule has 1 aliphatic rings. The van der Waals surface area contributed by atoms with Crippen LogP contribution in [-0.2, 0) is 11.2 Å². The Morgan fingerprint density at radius 1 is 1.26 bits per heavy atom. The van der Waals surface area contributed by atoms with E-state index in [0.717, 1.165) is 18.4 Å². The van der Waals surface area contributed by atoms with Gasteiger partial charge in [-0.2, -0.15) is 0 Å². The number of carbonyl (C=O) groups excluding carboxylic acids is 1. The van der Waals surface area contributed by atoms with Gasteiger partial charge >= 0.3 is 0 Å². The molecular formula is C16H23NO2. The van der Waals surface area contributed by atoms with Gasteiger partial charge in [-0.15, -0.1) is 0 Å².